The second-order valence-corrected chi connectivity index (χ2v) is 11.2. The molecule has 0 saturated carbocycles. The Labute approximate surface area is 223 Å². The van der Waals surface area contributed by atoms with Gasteiger partial charge in [-0.15, -0.1) is 0 Å². The van der Waals surface area contributed by atoms with Gasteiger partial charge in [-0.1, -0.05) is 55.3 Å². The molecule has 2 aromatic carbocycles. The zero-order valence-corrected chi connectivity index (χ0v) is 23.6. The summed E-state index contributed by atoms with van der Waals surface area (Å²) in [4.78, 5) is 31.5. The van der Waals surface area contributed by atoms with E-state index in [2.05, 4.69) is 36.9 Å². The molecule has 170 valence electrons. The van der Waals surface area contributed by atoms with Crippen LogP contribution in [0.1, 0.15) is 31.0 Å². The minimum atomic E-state index is -0.674. The lowest BCUT2D eigenvalue weighted by Crippen LogP contribution is -2.39. The summed E-state index contributed by atoms with van der Waals surface area (Å²) in [5.74, 6) is -0.405. The van der Waals surface area contributed by atoms with Crippen molar-refractivity contribution in [2.75, 3.05) is 6.61 Å². The van der Waals surface area contributed by atoms with Crippen molar-refractivity contribution in [1.82, 2.24) is 4.57 Å². The maximum atomic E-state index is 13.6. The quantitative estimate of drug-likeness (QED) is 0.318. The molecule has 1 aromatic heterocycles. The van der Waals surface area contributed by atoms with Gasteiger partial charge in [0, 0.05) is 14.5 Å². The summed E-state index contributed by atoms with van der Waals surface area (Å²) in [6.45, 7) is 3.70. The van der Waals surface area contributed by atoms with E-state index in [0.29, 0.717) is 29.7 Å². The molecule has 0 bridgehead atoms. The number of nitrogens with zero attached hydrogens (tertiary/aromatic N) is 2. The first-order valence-corrected chi connectivity index (χ1v) is 13.3. The standard InChI is InChI=1S/C23H17Br2IN2O4S/c1-3-32-22(31)18-11(2)27-23-28(19(18)12-4-6-14(24)7-5-12)21(30)17(33-23)9-13-8-15(25)10-16(26)20(13)29/h4-10,19,29H,3H2,1-2H3/b17-9-/t19-/m1/s1. The highest BCUT2D eigenvalue weighted by Gasteiger charge is 2.33. The van der Waals surface area contributed by atoms with Gasteiger partial charge in [-0.3, -0.25) is 9.36 Å². The highest BCUT2D eigenvalue weighted by atomic mass is 127. The van der Waals surface area contributed by atoms with Crippen LogP contribution in [0.25, 0.3) is 6.08 Å². The van der Waals surface area contributed by atoms with Gasteiger partial charge < -0.3 is 9.84 Å². The summed E-state index contributed by atoms with van der Waals surface area (Å²) >= 11 is 10.1. The van der Waals surface area contributed by atoms with Gasteiger partial charge in [-0.2, -0.15) is 0 Å². The van der Waals surface area contributed by atoms with Crippen LogP contribution in [-0.4, -0.2) is 22.2 Å². The van der Waals surface area contributed by atoms with Gasteiger partial charge in [-0.05, 0) is 72.3 Å². The van der Waals surface area contributed by atoms with Crippen LogP contribution in [0.2, 0.25) is 0 Å². The number of hydrogen-bond acceptors (Lipinski definition) is 6. The van der Waals surface area contributed by atoms with Crippen molar-refractivity contribution in [3.63, 3.8) is 0 Å². The Hall–Kier alpha value is -1.76. The Morgan fingerprint density at radius 2 is 1.97 bits per heavy atom. The van der Waals surface area contributed by atoms with Crippen LogP contribution in [0.5, 0.6) is 5.75 Å². The van der Waals surface area contributed by atoms with Gasteiger partial charge in [0.05, 0.1) is 32.0 Å². The molecule has 0 unspecified atom stereocenters. The van der Waals surface area contributed by atoms with Crippen LogP contribution in [0, 0.1) is 3.57 Å². The summed E-state index contributed by atoms with van der Waals surface area (Å²) in [6, 6.07) is 10.3. The number of carbonyl (C=O) groups is 1. The number of halogens is 3. The van der Waals surface area contributed by atoms with Crippen LogP contribution in [0.4, 0.5) is 0 Å². The fraction of sp³-hybridized carbons (Fsp3) is 0.174. The predicted octanol–water partition coefficient (Wildman–Crippen LogP) is 4.63. The molecular formula is C23H17Br2IN2O4S. The Bertz CT molecular complexity index is 1480. The molecule has 4 rings (SSSR count). The molecule has 33 heavy (non-hydrogen) atoms. The SMILES string of the molecule is CCOC(=O)C1=C(C)N=c2s/c(=C\c3cc(Br)cc(I)c3O)c(=O)n2[C@@H]1c1ccc(Br)cc1. The summed E-state index contributed by atoms with van der Waals surface area (Å²) in [5, 5.41) is 10.5. The van der Waals surface area contributed by atoms with E-state index >= 15 is 0 Å². The van der Waals surface area contributed by atoms with Crippen LogP contribution in [-0.2, 0) is 9.53 Å². The molecule has 0 spiro atoms. The zero-order valence-electron chi connectivity index (χ0n) is 17.4. The molecule has 0 amide bonds. The van der Waals surface area contributed by atoms with E-state index in [9.17, 15) is 14.7 Å². The normalized spacial score (nSPS) is 15.9. The van der Waals surface area contributed by atoms with E-state index in [4.69, 9.17) is 4.74 Å². The van der Waals surface area contributed by atoms with Crippen LogP contribution < -0.4 is 14.9 Å². The number of benzene rings is 2. The number of allylic oxidation sites excluding steroid dienone is 1. The van der Waals surface area contributed by atoms with E-state index in [1.165, 1.54) is 15.9 Å². The number of esters is 1. The zero-order chi connectivity index (χ0) is 23.9. The maximum absolute atomic E-state index is 13.6. The molecule has 1 N–H and O–H groups in total. The highest BCUT2D eigenvalue weighted by molar-refractivity contribution is 14.1. The van der Waals surface area contributed by atoms with Gasteiger partial charge in [0.1, 0.15) is 5.75 Å². The molecule has 2 heterocycles. The summed E-state index contributed by atoms with van der Waals surface area (Å²) in [5.41, 5.74) is 1.82. The van der Waals surface area contributed by atoms with E-state index in [1.54, 1.807) is 32.1 Å². The van der Waals surface area contributed by atoms with Gasteiger partial charge >= 0.3 is 5.97 Å². The van der Waals surface area contributed by atoms with E-state index in [-0.39, 0.29) is 17.9 Å². The second kappa shape index (κ2) is 9.85. The highest BCUT2D eigenvalue weighted by Crippen LogP contribution is 2.32. The number of thiazole rings is 1. The largest absolute Gasteiger partial charge is 0.506 e. The second-order valence-electron chi connectivity index (χ2n) is 7.18. The summed E-state index contributed by atoms with van der Waals surface area (Å²) in [7, 11) is 0. The number of rotatable bonds is 4. The molecule has 0 saturated heterocycles. The van der Waals surface area contributed by atoms with Crippen molar-refractivity contribution in [1.29, 1.82) is 0 Å². The van der Waals surface area contributed by atoms with E-state index < -0.39 is 12.0 Å². The van der Waals surface area contributed by atoms with Gasteiger partial charge in [0.15, 0.2) is 4.80 Å². The van der Waals surface area contributed by atoms with E-state index in [1.807, 2.05) is 46.9 Å². The molecule has 0 fully saturated rings. The third-order valence-electron chi connectivity index (χ3n) is 5.05. The maximum Gasteiger partial charge on any atom is 0.338 e. The number of phenols is 1. The van der Waals surface area contributed by atoms with E-state index in [0.717, 1.165) is 14.5 Å². The monoisotopic (exact) mass is 702 g/mol. The number of phenolic OH excluding ortho intramolecular Hbond substituents is 1. The Balaban J connectivity index is 1.98. The number of carbonyl (C=O) groups excluding carboxylic acids is 1. The lowest BCUT2D eigenvalue weighted by molar-refractivity contribution is -0.139. The molecule has 0 radical (unpaired) electrons. The van der Waals surface area contributed by atoms with Gasteiger partial charge in [0.25, 0.3) is 5.56 Å². The molecule has 1 atom stereocenters. The molecule has 0 aliphatic carbocycles. The number of aromatic nitrogens is 1. The predicted molar refractivity (Wildman–Crippen MR) is 143 cm³/mol. The number of fused-ring (bicyclic) bond motifs is 1. The van der Waals surface area contributed by atoms with Crippen molar-refractivity contribution < 1.29 is 14.6 Å². The van der Waals surface area contributed by atoms with Crippen LogP contribution in [0.3, 0.4) is 0 Å². The van der Waals surface area contributed by atoms with Crippen molar-refractivity contribution in [2.45, 2.75) is 19.9 Å². The first-order valence-electron chi connectivity index (χ1n) is 9.84. The molecule has 6 nitrogen and oxygen atoms in total. The van der Waals surface area contributed by atoms with Crippen molar-refractivity contribution >= 4 is 77.8 Å². The van der Waals surface area contributed by atoms with Crippen molar-refractivity contribution in [3.05, 3.63) is 91.0 Å². The molecule has 1 aliphatic heterocycles. The number of ether oxygens (including phenoxy) is 1. The molecular weight excluding hydrogens is 687 g/mol. The lowest BCUT2D eigenvalue weighted by atomic mass is 9.96. The van der Waals surface area contributed by atoms with Gasteiger partial charge in [-0.25, -0.2) is 9.79 Å². The first kappa shape index (κ1) is 24.4. The Morgan fingerprint density at radius 3 is 2.64 bits per heavy atom. The summed E-state index contributed by atoms with van der Waals surface area (Å²) < 4.78 is 9.57. The number of hydrogen-bond donors (Lipinski definition) is 1. The third kappa shape index (κ3) is 4.75. The van der Waals surface area contributed by atoms with Gasteiger partial charge in [0.2, 0.25) is 0 Å². The summed E-state index contributed by atoms with van der Waals surface area (Å²) in [6.07, 6.45) is 1.65. The lowest BCUT2D eigenvalue weighted by Gasteiger charge is -2.24. The minimum absolute atomic E-state index is 0.0949. The Kier molecular flexibility index (Phi) is 7.27. The smallest absolute Gasteiger partial charge is 0.338 e. The Morgan fingerprint density at radius 1 is 1.27 bits per heavy atom. The average molecular weight is 704 g/mol. The van der Waals surface area contributed by atoms with Crippen LogP contribution >= 0.6 is 65.8 Å². The number of aromatic hydroxyl groups is 1. The topological polar surface area (TPSA) is 80.9 Å². The van der Waals surface area contributed by atoms with Crippen molar-refractivity contribution in [3.8, 4) is 5.75 Å². The molecule has 3 aromatic rings. The first-order chi connectivity index (χ1) is 15.7. The van der Waals surface area contributed by atoms with Crippen LogP contribution in [0.15, 0.2) is 66.4 Å². The fourth-order valence-corrected chi connectivity index (χ4v) is 6.44. The molecule has 1 aliphatic rings. The third-order valence-corrected chi connectivity index (χ3v) is 7.84. The average Bonchev–Trinajstić information content (AvgIpc) is 3.06. The fourth-order valence-electron chi connectivity index (χ4n) is 3.59. The van der Waals surface area contributed by atoms with Crippen molar-refractivity contribution in [2.24, 2.45) is 4.99 Å². The minimum Gasteiger partial charge on any atom is -0.506 e. The molecule has 10 heteroatoms.